The number of nitrogens with zero attached hydrogens (tertiary/aromatic N) is 2. The number of benzene rings is 1. The molecule has 1 unspecified atom stereocenters. The van der Waals surface area contributed by atoms with Gasteiger partial charge in [0.15, 0.2) is 5.96 Å². The molecule has 1 aromatic carbocycles. The SMILES string of the molecule is CCC(C)NC(=NC)NCc1cccc(CN(C)CC)c1. The molecule has 0 heterocycles. The number of hydrogen-bond acceptors (Lipinski definition) is 2. The second-order valence-corrected chi connectivity index (χ2v) is 5.53. The Morgan fingerprint density at radius 2 is 2.00 bits per heavy atom. The lowest BCUT2D eigenvalue weighted by Crippen LogP contribution is -2.41. The average molecular weight is 290 g/mol. The van der Waals surface area contributed by atoms with Gasteiger partial charge in [-0.1, -0.05) is 38.1 Å². The van der Waals surface area contributed by atoms with Gasteiger partial charge in [-0.25, -0.2) is 0 Å². The molecule has 0 bridgehead atoms. The highest BCUT2D eigenvalue weighted by molar-refractivity contribution is 5.79. The highest BCUT2D eigenvalue weighted by Crippen LogP contribution is 2.07. The van der Waals surface area contributed by atoms with Crippen LogP contribution in [0.3, 0.4) is 0 Å². The van der Waals surface area contributed by atoms with Crippen molar-refractivity contribution in [3.8, 4) is 0 Å². The Morgan fingerprint density at radius 3 is 2.62 bits per heavy atom. The predicted octanol–water partition coefficient (Wildman–Crippen LogP) is 2.60. The molecule has 0 aliphatic carbocycles. The molecule has 4 heteroatoms. The summed E-state index contributed by atoms with van der Waals surface area (Å²) in [7, 11) is 3.95. The summed E-state index contributed by atoms with van der Waals surface area (Å²) in [4.78, 5) is 6.56. The molecule has 0 aromatic heterocycles. The fraction of sp³-hybridized carbons (Fsp3) is 0.588. The van der Waals surface area contributed by atoms with Crippen LogP contribution >= 0.6 is 0 Å². The van der Waals surface area contributed by atoms with Crippen LogP contribution in [-0.4, -0.2) is 37.5 Å². The summed E-state index contributed by atoms with van der Waals surface area (Å²) in [5.41, 5.74) is 2.63. The Labute approximate surface area is 129 Å². The van der Waals surface area contributed by atoms with Gasteiger partial charge in [-0.15, -0.1) is 0 Å². The largest absolute Gasteiger partial charge is 0.354 e. The van der Waals surface area contributed by atoms with E-state index >= 15 is 0 Å². The van der Waals surface area contributed by atoms with Crippen molar-refractivity contribution in [1.29, 1.82) is 0 Å². The van der Waals surface area contributed by atoms with Gasteiger partial charge in [0.1, 0.15) is 0 Å². The van der Waals surface area contributed by atoms with Crippen LogP contribution in [0.4, 0.5) is 0 Å². The minimum atomic E-state index is 0.431. The Morgan fingerprint density at radius 1 is 1.29 bits per heavy atom. The number of guanidine groups is 1. The summed E-state index contributed by atoms with van der Waals surface area (Å²) >= 11 is 0. The van der Waals surface area contributed by atoms with Crippen LogP contribution in [0.15, 0.2) is 29.3 Å². The van der Waals surface area contributed by atoms with E-state index in [-0.39, 0.29) is 0 Å². The van der Waals surface area contributed by atoms with Crippen molar-refractivity contribution in [2.45, 2.75) is 46.3 Å². The molecule has 118 valence electrons. The second-order valence-electron chi connectivity index (χ2n) is 5.53. The van der Waals surface area contributed by atoms with Crippen LogP contribution in [0, 0.1) is 0 Å². The summed E-state index contributed by atoms with van der Waals surface area (Å²) in [5.74, 6) is 0.862. The van der Waals surface area contributed by atoms with Gasteiger partial charge in [0.25, 0.3) is 0 Å². The van der Waals surface area contributed by atoms with E-state index in [1.54, 1.807) is 0 Å². The smallest absolute Gasteiger partial charge is 0.191 e. The second kappa shape index (κ2) is 9.40. The summed E-state index contributed by atoms with van der Waals surface area (Å²) < 4.78 is 0. The summed E-state index contributed by atoms with van der Waals surface area (Å²) in [6, 6.07) is 9.15. The molecule has 2 N–H and O–H groups in total. The Hall–Kier alpha value is -1.55. The zero-order valence-corrected chi connectivity index (χ0v) is 14.1. The normalized spacial score (nSPS) is 13.3. The first-order valence-corrected chi connectivity index (χ1v) is 7.82. The third kappa shape index (κ3) is 6.63. The van der Waals surface area contributed by atoms with Crippen LogP contribution in [0.1, 0.15) is 38.3 Å². The lowest BCUT2D eigenvalue weighted by molar-refractivity contribution is 0.345. The standard InChI is InChI=1S/C17H30N4/c1-6-14(3)20-17(18-4)19-12-15-9-8-10-16(11-15)13-21(5)7-2/h8-11,14H,6-7,12-13H2,1-5H3,(H2,18,19,20). The van der Waals surface area contributed by atoms with Crippen LogP contribution in [-0.2, 0) is 13.1 Å². The van der Waals surface area contributed by atoms with Crippen molar-refractivity contribution < 1.29 is 0 Å². The molecule has 1 rings (SSSR count). The Bertz CT molecular complexity index is 442. The van der Waals surface area contributed by atoms with E-state index in [4.69, 9.17) is 0 Å². The summed E-state index contributed by atoms with van der Waals surface area (Å²) in [6.45, 7) is 9.35. The van der Waals surface area contributed by atoms with Gasteiger partial charge in [0.2, 0.25) is 0 Å². The van der Waals surface area contributed by atoms with Gasteiger partial charge in [-0.3, -0.25) is 4.99 Å². The van der Waals surface area contributed by atoms with E-state index in [0.29, 0.717) is 6.04 Å². The van der Waals surface area contributed by atoms with E-state index in [0.717, 1.165) is 32.0 Å². The van der Waals surface area contributed by atoms with E-state index in [9.17, 15) is 0 Å². The first-order valence-electron chi connectivity index (χ1n) is 7.82. The molecule has 1 aromatic rings. The molecule has 0 spiro atoms. The molecule has 0 saturated carbocycles. The summed E-state index contributed by atoms with van der Waals surface area (Å²) in [5, 5.41) is 6.74. The van der Waals surface area contributed by atoms with Crippen LogP contribution < -0.4 is 10.6 Å². The van der Waals surface area contributed by atoms with Crippen LogP contribution in [0.2, 0.25) is 0 Å². The fourth-order valence-electron chi connectivity index (χ4n) is 1.98. The topological polar surface area (TPSA) is 39.7 Å². The van der Waals surface area contributed by atoms with E-state index < -0.39 is 0 Å². The third-order valence-electron chi connectivity index (χ3n) is 3.66. The predicted molar refractivity (Wildman–Crippen MR) is 91.5 cm³/mol. The third-order valence-corrected chi connectivity index (χ3v) is 3.66. The van der Waals surface area contributed by atoms with Crippen molar-refractivity contribution in [1.82, 2.24) is 15.5 Å². The van der Waals surface area contributed by atoms with Crippen molar-refractivity contribution >= 4 is 5.96 Å². The van der Waals surface area contributed by atoms with Crippen molar-refractivity contribution in [3.63, 3.8) is 0 Å². The van der Waals surface area contributed by atoms with E-state index in [1.807, 2.05) is 7.05 Å². The highest BCUT2D eigenvalue weighted by Gasteiger charge is 2.03. The van der Waals surface area contributed by atoms with Crippen LogP contribution in [0.5, 0.6) is 0 Å². The first kappa shape index (κ1) is 17.5. The molecule has 1 atom stereocenters. The van der Waals surface area contributed by atoms with Gasteiger partial charge >= 0.3 is 0 Å². The first-order chi connectivity index (χ1) is 10.1. The zero-order chi connectivity index (χ0) is 15.7. The minimum Gasteiger partial charge on any atom is -0.354 e. The molecule has 21 heavy (non-hydrogen) atoms. The number of rotatable bonds is 7. The average Bonchev–Trinajstić information content (AvgIpc) is 2.51. The molecular formula is C17H30N4. The van der Waals surface area contributed by atoms with Gasteiger partial charge in [-0.2, -0.15) is 0 Å². The van der Waals surface area contributed by atoms with Gasteiger partial charge in [-0.05, 0) is 38.1 Å². The number of hydrogen-bond donors (Lipinski definition) is 2. The molecule has 0 amide bonds. The van der Waals surface area contributed by atoms with Gasteiger partial charge < -0.3 is 15.5 Å². The zero-order valence-electron chi connectivity index (χ0n) is 14.1. The molecule has 4 nitrogen and oxygen atoms in total. The van der Waals surface area contributed by atoms with Crippen molar-refractivity contribution in [2.75, 3.05) is 20.6 Å². The van der Waals surface area contributed by atoms with Crippen molar-refractivity contribution in [2.24, 2.45) is 4.99 Å². The molecular weight excluding hydrogens is 260 g/mol. The molecule has 0 fully saturated rings. The minimum absolute atomic E-state index is 0.431. The molecule has 0 saturated heterocycles. The molecule has 0 aliphatic rings. The molecule has 0 radical (unpaired) electrons. The van der Waals surface area contributed by atoms with Crippen molar-refractivity contribution in [3.05, 3.63) is 35.4 Å². The highest BCUT2D eigenvalue weighted by atomic mass is 15.2. The maximum absolute atomic E-state index is 4.26. The van der Waals surface area contributed by atoms with E-state index in [1.165, 1.54) is 11.1 Å². The maximum atomic E-state index is 4.26. The monoisotopic (exact) mass is 290 g/mol. The number of nitrogens with one attached hydrogen (secondary N) is 2. The van der Waals surface area contributed by atoms with E-state index in [2.05, 4.69) is 72.6 Å². The lowest BCUT2D eigenvalue weighted by Gasteiger charge is -2.17. The van der Waals surface area contributed by atoms with Gasteiger partial charge in [0, 0.05) is 26.2 Å². The lowest BCUT2D eigenvalue weighted by atomic mass is 10.1. The fourth-order valence-corrected chi connectivity index (χ4v) is 1.98. The maximum Gasteiger partial charge on any atom is 0.191 e. The summed E-state index contributed by atoms with van der Waals surface area (Å²) in [6.07, 6.45) is 1.08. The van der Waals surface area contributed by atoms with Gasteiger partial charge in [0.05, 0.1) is 0 Å². The Balaban J connectivity index is 2.56. The quantitative estimate of drug-likeness (QED) is 0.599. The van der Waals surface area contributed by atoms with Crippen LogP contribution in [0.25, 0.3) is 0 Å². The number of aliphatic imine (C=N–C) groups is 1. The molecule has 0 aliphatic heterocycles. The Kier molecular flexibility index (Phi) is 7.83.